The first-order valence-electron chi connectivity index (χ1n) is 8.82. The van der Waals surface area contributed by atoms with Crippen molar-refractivity contribution in [2.24, 2.45) is 0 Å². The van der Waals surface area contributed by atoms with Gasteiger partial charge in [0, 0.05) is 16.9 Å². The Morgan fingerprint density at radius 2 is 1.66 bits per heavy atom. The van der Waals surface area contributed by atoms with E-state index in [4.69, 9.17) is 11.6 Å². The maximum atomic E-state index is 13.2. The molecule has 144 valence electrons. The lowest BCUT2D eigenvalue weighted by molar-refractivity contribution is -0.137. The molecule has 0 fully saturated rings. The zero-order valence-corrected chi connectivity index (χ0v) is 15.9. The van der Waals surface area contributed by atoms with E-state index in [1.165, 1.54) is 24.3 Å². The summed E-state index contributed by atoms with van der Waals surface area (Å²) < 4.78 is 13.2. The van der Waals surface area contributed by atoms with Crippen LogP contribution in [0, 0.1) is 5.82 Å². The number of benzene rings is 2. The molecule has 0 aliphatic carbocycles. The summed E-state index contributed by atoms with van der Waals surface area (Å²) in [6.07, 6.45) is 1.60. The third-order valence-corrected chi connectivity index (χ3v) is 4.71. The van der Waals surface area contributed by atoms with E-state index in [1.807, 2.05) is 0 Å². The van der Waals surface area contributed by atoms with Gasteiger partial charge in [0.25, 0.3) is 11.8 Å². The molecule has 2 heterocycles. The topological polar surface area (TPSA) is 62.3 Å². The summed E-state index contributed by atoms with van der Waals surface area (Å²) in [6, 6.07) is 17.5. The molecular weight excluding hydrogens is 393 g/mol. The first kappa shape index (κ1) is 18.8. The van der Waals surface area contributed by atoms with E-state index in [-0.39, 0.29) is 17.8 Å². The van der Waals surface area contributed by atoms with Gasteiger partial charge in [0.2, 0.25) is 0 Å². The Bertz CT molecular complexity index is 1100. The van der Waals surface area contributed by atoms with Crippen LogP contribution in [0.1, 0.15) is 11.3 Å². The van der Waals surface area contributed by atoms with Crippen molar-refractivity contribution in [2.45, 2.75) is 6.54 Å². The van der Waals surface area contributed by atoms with Crippen LogP contribution in [0.5, 0.6) is 0 Å². The molecule has 0 radical (unpaired) electrons. The van der Waals surface area contributed by atoms with Gasteiger partial charge in [-0.2, -0.15) is 0 Å². The monoisotopic (exact) mass is 407 g/mol. The molecule has 0 bridgehead atoms. The van der Waals surface area contributed by atoms with Crippen molar-refractivity contribution in [3.8, 4) is 0 Å². The number of carbonyl (C=O) groups excluding carboxylic acids is 2. The van der Waals surface area contributed by atoms with Crippen molar-refractivity contribution < 1.29 is 14.0 Å². The predicted octanol–water partition coefficient (Wildman–Crippen LogP) is 4.27. The first-order chi connectivity index (χ1) is 14.0. The van der Waals surface area contributed by atoms with E-state index >= 15 is 0 Å². The second kappa shape index (κ2) is 7.85. The number of aromatic nitrogens is 1. The summed E-state index contributed by atoms with van der Waals surface area (Å²) in [4.78, 5) is 31.6. The van der Waals surface area contributed by atoms with Crippen molar-refractivity contribution in [1.82, 2.24) is 9.88 Å². The second-order valence-electron chi connectivity index (χ2n) is 6.41. The summed E-state index contributed by atoms with van der Waals surface area (Å²) in [5.74, 6) is -1.31. The highest BCUT2D eigenvalue weighted by molar-refractivity contribution is 6.36. The van der Waals surface area contributed by atoms with Gasteiger partial charge in [-0.3, -0.25) is 19.5 Å². The Balaban J connectivity index is 1.74. The van der Waals surface area contributed by atoms with E-state index in [1.54, 1.807) is 48.7 Å². The first-order valence-corrected chi connectivity index (χ1v) is 9.19. The summed E-state index contributed by atoms with van der Waals surface area (Å²) >= 11 is 5.96. The zero-order chi connectivity index (χ0) is 20.4. The fourth-order valence-corrected chi connectivity index (χ4v) is 3.18. The van der Waals surface area contributed by atoms with Crippen molar-refractivity contribution >= 4 is 34.7 Å². The highest BCUT2D eigenvalue weighted by Crippen LogP contribution is 2.32. The third-order valence-electron chi connectivity index (χ3n) is 4.46. The van der Waals surface area contributed by atoms with E-state index in [2.05, 4.69) is 10.3 Å². The summed E-state index contributed by atoms with van der Waals surface area (Å²) in [5, 5.41) is 3.49. The lowest BCUT2D eigenvalue weighted by Gasteiger charge is -2.14. The number of amides is 2. The molecule has 2 aromatic carbocycles. The van der Waals surface area contributed by atoms with Crippen LogP contribution in [-0.4, -0.2) is 21.7 Å². The fraction of sp³-hybridized carbons (Fsp3) is 0.0455. The van der Waals surface area contributed by atoms with Crippen LogP contribution < -0.4 is 5.32 Å². The van der Waals surface area contributed by atoms with Gasteiger partial charge in [0.1, 0.15) is 11.5 Å². The number of halogens is 2. The largest absolute Gasteiger partial charge is 0.350 e. The number of hydrogen-bond acceptors (Lipinski definition) is 4. The minimum absolute atomic E-state index is 0.0458. The van der Waals surface area contributed by atoms with E-state index in [9.17, 15) is 14.0 Å². The number of hydrogen-bond donors (Lipinski definition) is 1. The molecule has 0 saturated heterocycles. The van der Waals surface area contributed by atoms with E-state index in [0.29, 0.717) is 22.0 Å². The quantitative estimate of drug-likeness (QED) is 0.642. The maximum absolute atomic E-state index is 13.2. The Hall–Kier alpha value is -3.51. The van der Waals surface area contributed by atoms with Crippen LogP contribution in [0.4, 0.5) is 10.1 Å². The molecule has 4 rings (SSSR count). The number of nitrogens with zero attached hydrogens (tertiary/aromatic N) is 2. The maximum Gasteiger partial charge on any atom is 0.278 e. The third kappa shape index (κ3) is 3.88. The van der Waals surface area contributed by atoms with Gasteiger partial charge in [-0.1, -0.05) is 29.8 Å². The molecule has 3 aromatic rings. The second-order valence-corrected chi connectivity index (χ2v) is 6.84. The molecule has 0 saturated carbocycles. The molecular formula is C22H15ClFN3O2. The zero-order valence-electron chi connectivity index (χ0n) is 15.1. The van der Waals surface area contributed by atoms with Crippen LogP contribution in [0.15, 0.2) is 78.6 Å². The summed E-state index contributed by atoms with van der Waals surface area (Å²) in [6.45, 7) is 0.0458. The Morgan fingerprint density at radius 1 is 0.931 bits per heavy atom. The Morgan fingerprint density at radius 3 is 2.31 bits per heavy atom. The van der Waals surface area contributed by atoms with Gasteiger partial charge in [0.15, 0.2) is 0 Å². The molecule has 5 nitrogen and oxygen atoms in total. The number of anilines is 1. The van der Waals surface area contributed by atoms with Crippen molar-refractivity contribution in [3.63, 3.8) is 0 Å². The average Bonchev–Trinajstić information content (AvgIpc) is 2.95. The van der Waals surface area contributed by atoms with Gasteiger partial charge in [-0.15, -0.1) is 0 Å². The molecule has 2 amide bonds. The van der Waals surface area contributed by atoms with Gasteiger partial charge in [-0.05, 0) is 54.1 Å². The number of carbonyl (C=O) groups is 2. The number of nitrogens with one attached hydrogen (secondary N) is 1. The van der Waals surface area contributed by atoms with Gasteiger partial charge >= 0.3 is 0 Å². The molecule has 0 spiro atoms. The predicted molar refractivity (Wildman–Crippen MR) is 108 cm³/mol. The highest BCUT2D eigenvalue weighted by Gasteiger charge is 2.39. The summed E-state index contributed by atoms with van der Waals surface area (Å²) in [5.41, 5.74) is 1.99. The van der Waals surface area contributed by atoms with Gasteiger partial charge in [0.05, 0.1) is 17.8 Å². The molecule has 29 heavy (non-hydrogen) atoms. The highest BCUT2D eigenvalue weighted by atomic mass is 35.5. The Kier molecular flexibility index (Phi) is 5.10. The van der Waals surface area contributed by atoms with Crippen LogP contribution in [0.25, 0.3) is 5.57 Å². The van der Waals surface area contributed by atoms with Crippen LogP contribution in [0.3, 0.4) is 0 Å². The minimum atomic E-state index is -0.477. The minimum Gasteiger partial charge on any atom is -0.350 e. The fourth-order valence-electron chi connectivity index (χ4n) is 3.05. The molecule has 1 N–H and O–H groups in total. The molecule has 7 heteroatoms. The van der Waals surface area contributed by atoms with Crippen molar-refractivity contribution in [2.75, 3.05) is 5.32 Å². The molecule has 1 aromatic heterocycles. The molecule has 0 unspecified atom stereocenters. The van der Waals surface area contributed by atoms with Crippen molar-refractivity contribution in [3.05, 3.63) is 101 Å². The molecule has 0 atom stereocenters. The van der Waals surface area contributed by atoms with E-state index in [0.717, 1.165) is 4.90 Å². The van der Waals surface area contributed by atoms with Crippen LogP contribution in [-0.2, 0) is 16.1 Å². The normalized spacial score (nSPS) is 13.9. The van der Waals surface area contributed by atoms with Crippen LogP contribution in [0.2, 0.25) is 5.02 Å². The number of rotatable bonds is 5. The van der Waals surface area contributed by atoms with E-state index < -0.39 is 17.6 Å². The smallest absolute Gasteiger partial charge is 0.278 e. The number of pyridine rings is 1. The lowest BCUT2D eigenvalue weighted by Crippen LogP contribution is -2.32. The standard InChI is InChI=1S/C22H15ClFN3O2/c23-15-6-4-14(5-7-15)19-20(26-17-10-8-16(24)9-11-17)22(29)27(21(19)28)13-18-3-1-2-12-25-18/h1-12,26H,13H2. The summed E-state index contributed by atoms with van der Waals surface area (Å²) in [7, 11) is 0. The molecule has 1 aliphatic rings. The Labute approximate surface area is 171 Å². The molecule has 1 aliphatic heterocycles. The average molecular weight is 408 g/mol. The van der Waals surface area contributed by atoms with Gasteiger partial charge < -0.3 is 5.32 Å². The van der Waals surface area contributed by atoms with Crippen molar-refractivity contribution in [1.29, 1.82) is 0 Å². The SMILES string of the molecule is O=C1C(Nc2ccc(F)cc2)=C(c2ccc(Cl)cc2)C(=O)N1Cc1ccccn1. The van der Waals surface area contributed by atoms with Gasteiger partial charge in [-0.25, -0.2) is 4.39 Å². The number of imide groups is 1. The van der Waals surface area contributed by atoms with Crippen LogP contribution >= 0.6 is 11.6 Å². The lowest BCUT2D eigenvalue weighted by atomic mass is 10.0.